The monoisotopic (exact) mass is 194 g/mol. The Hall–Kier alpha value is -1.09. The van der Waals surface area contributed by atoms with Gasteiger partial charge in [-0.1, -0.05) is 13.0 Å². The Kier molecular flexibility index (Phi) is 5.00. The van der Waals surface area contributed by atoms with Gasteiger partial charge in [0.2, 0.25) is 5.88 Å². The number of rotatable bonds is 6. The van der Waals surface area contributed by atoms with Crippen molar-refractivity contribution in [1.82, 2.24) is 10.3 Å². The van der Waals surface area contributed by atoms with Crippen LogP contribution < -0.4 is 10.1 Å². The largest absolute Gasteiger partial charge is 0.476 e. The fourth-order valence-electron chi connectivity index (χ4n) is 1.14. The third-order valence-electron chi connectivity index (χ3n) is 1.91. The lowest BCUT2D eigenvalue weighted by atomic mass is 10.3. The van der Waals surface area contributed by atoms with E-state index in [1.165, 1.54) is 0 Å². The van der Waals surface area contributed by atoms with E-state index in [1.54, 1.807) is 6.20 Å². The first-order chi connectivity index (χ1) is 6.84. The smallest absolute Gasteiger partial charge is 0.216 e. The van der Waals surface area contributed by atoms with Gasteiger partial charge in [0.1, 0.15) is 6.61 Å². The number of hydrogen-bond donors (Lipinski definition) is 1. The molecule has 0 atom stereocenters. The van der Waals surface area contributed by atoms with Crippen molar-refractivity contribution in [1.29, 1.82) is 0 Å². The van der Waals surface area contributed by atoms with Gasteiger partial charge in [-0.2, -0.15) is 0 Å². The lowest BCUT2D eigenvalue weighted by Gasteiger charge is -2.07. The highest BCUT2D eigenvalue weighted by molar-refractivity contribution is 5.23. The molecule has 0 aliphatic heterocycles. The molecule has 0 fully saturated rings. The summed E-state index contributed by atoms with van der Waals surface area (Å²) in [5.41, 5.74) is 1.09. The second-order valence-electron chi connectivity index (χ2n) is 3.22. The van der Waals surface area contributed by atoms with Crippen LogP contribution in [0.1, 0.15) is 18.9 Å². The maximum absolute atomic E-state index is 5.51. The van der Waals surface area contributed by atoms with E-state index in [0.29, 0.717) is 6.61 Å². The van der Waals surface area contributed by atoms with E-state index in [0.717, 1.165) is 31.0 Å². The molecule has 0 bridgehead atoms. The quantitative estimate of drug-likeness (QED) is 0.701. The average Bonchev–Trinajstić information content (AvgIpc) is 2.20. The summed E-state index contributed by atoms with van der Waals surface area (Å²) in [5.74, 6) is 0.741. The fourth-order valence-corrected chi connectivity index (χ4v) is 1.14. The summed E-state index contributed by atoms with van der Waals surface area (Å²) in [4.78, 5) is 4.15. The second kappa shape index (κ2) is 6.38. The van der Waals surface area contributed by atoms with Gasteiger partial charge in [0.15, 0.2) is 0 Å². The molecule has 0 saturated carbocycles. The van der Waals surface area contributed by atoms with Crippen molar-refractivity contribution >= 4 is 0 Å². The van der Waals surface area contributed by atoms with Crippen LogP contribution >= 0.6 is 0 Å². The van der Waals surface area contributed by atoms with Crippen molar-refractivity contribution in [2.75, 3.05) is 19.7 Å². The number of ether oxygens (including phenoxy) is 1. The molecule has 78 valence electrons. The summed E-state index contributed by atoms with van der Waals surface area (Å²) in [6.45, 7) is 6.75. The topological polar surface area (TPSA) is 34.1 Å². The van der Waals surface area contributed by atoms with Crippen LogP contribution in [-0.2, 0) is 0 Å². The zero-order chi connectivity index (χ0) is 10.2. The van der Waals surface area contributed by atoms with Crippen molar-refractivity contribution in [3.05, 3.63) is 23.9 Å². The van der Waals surface area contributed by atoms with E-state index in [2.05, 4.69) is 17.2 Å². The van der Waals surface area contributed by atoms with Crippen molar-refractivity contribution < 1.29 is 4.74 Å². The minimum absolute atomic E-state index is 0.678. The van der Waals surface area contributed by atoms with Crippen molar-refractivity contribution in [2.45, 2.75) is 20.3 Å². The molecular weight excluding hydrogens is 176 g/mol. The first-order valence-electron chi connectivity index (χ1n) is 5.09. The third-order valence-corrected chi connectivity index (χ3v) is 1.91. The van der Waals surface area contributed by atoms with E-state index in [1.807, 2.05) is 19.1 Å². The van der Waals surface area contributed by atoms with Crippen LogP contribution in [0, 0.1) is 6.92 Å². The van der Waals surface area contributed by atoms with E-state index in [4.69, 9.17) is 4.74 Å². The Morgan fingerprint density at radius 3 is 3.00 bits per heavy atom. The van der Waals surface area contributed by atoms with Crippen LogP contribution in [0.3, 0.4) is 0 Å². The molecule has 1 aromatic heterocycles. The van der Waals surface area contributed by atoms with Gasteiger partial charge < -0.3 is 10.1 Å². The van der Waals surface area contributed by atoms with Crippen LogP contribution in [-0.4, -0.2) is 24.7 Å². The average molecular weight is 194 g/mol. The number of nitrogens with zero attached hydrogens (tertiary/aromatic N) is 1. The van der Waals surface area contributed by atoms with E-state index < -0.39 is 0 Å². The predicted molar refractivity (Wildman–Crippen MR) is 57.6 cm³/mol. The fraction of sp³-hybridized carbons (Fsp3) is 0.545. The van der Waals surface area contributed by atoms with Crippen molar-refractivity contribution in [3.63, 3.8) is 0 Å². The van der Waals surface area contributed by atoms with E-state index in [-0.39, 0.29) is 0 Å². The van der Waals surface area contributed by atoms with Gasteiger partial charge in [-0.25, -0.2) is 4.98 Å². The molecule has 1 heterocycles. The summed E-state index contributed by atoms with van der Waals surface area (Å²) in [6, 6.07) is 3.92. The summed E-state index contributed by atoms with van der Waals surface area (Å²) in [6.07, 6.45) is 2.91. The number of hydrogen-bond acceptors (Lipinski definition) is 3. The molecule has 14 heavy (non-hydrogen) atoms. The van der Waals surface area contributed by atoms with E-state index >= 15 is 0 Å². The standard InChI is InChI=1S/C11H18N2O/c1-3-6-12-8-9-14-11-10(2)5-4-7-13-11/h4-5,7,12H,3,6,8-9H2,1-2H3. The Labute approximate surface area is 85.5 Å². The van der Waals surface area contributed by atoms with Crippen LogP contribution in [0.25, 0.3) is 0 Å². The Morgan fingerprint density at radius 2 is 2.29 bits per heavy atom. The SMILES string of the molecule is CCCNCCOc1ncccc1C. The van der Waals surface area contributed by atoms with E-state index in [9.17, 15) is 0 Å². The third kappa shape index (κ3) is 3.75. The van der Waals surface area contributed by atoms with Gasteiger partial charge in [0.25, 0.3) is 0 Å². The number of nitrogens with one attached hydrogen (secondary N) is 1. The molecule has 0 aromatic carbocycles. The highest BCUT2D eigenvalue weighted by Gasteiger charge is 1.97. The van der Waals surface area contributed by atoms with Crippen LogP contribution in [0.2, 0.25) is 0 Å². The van der Waals surface area contributed by atoms with Gasteiger partial charge in [0, 0.05) is 18.3 Å². The molecule has 0 amide bonds. The molecule has 0 unspecified atom stereocenters. The summed E-state index contributed by atoms with van der Waals surface area (Å²) in [7, 11) is 0. The molecule has 0 radical (unpaired) electrons. The summed E-state index contributed by atoms with van der Waals surface area (Å²) in [5, 5.41) is 3.27. The number of pyridine rings is 1. The Morgan fingerprint density at radius 1 is 1.43 bits per heavy atom. The van der Waals surface area contributed by atoms with Gasteiger partial charge in [-0.05, 0) is 26.0 Å². The minimum Gasteiger partial charge on any atom is -0.476 e. The first-order valence-corrected chi connectivity index (χ1v) is 5.09. The zero-order valence-electron chi connectivity index (χ0n) is 8.92. The normalized spacial score (nSPS) is 10.1. The van der Waals surface area contributed by atoms with Crippen LogP contribution in [0.4, 0.5) is 0 Å². The van der Waals surface area contributed by atoms with Crippen molar-refractivity contribution in [2.24, 2.45) is 0 Å². The van der Waals surface area contributed by atoms with Gasteiger partial charge in [-0.15, -0.1) is 0 Å². The molecule has 1 aromatic rings. The minimum atomic E-state index is 0.678. The Bertz CT molecular complexity index is 263. The Balaban J connectivity index is 2.21. The van der Waals surface area contributed by atoms with Gasteiger partial charge >= 0.3 is 0 Å². The molecular formula is C11H18N2O. The molecule has 3 nitrogen and oxygen atoms in total. The molecule has 1 N–H and O–H groups in total. The predicted octanol–water partition coefficient (Wildman–Crippen LogP) is 1.77. The molecule has 3 heteroatoms. The molecule has 0 spiro atoms. The van der Waals surface area contributed by atoms with Crippen molar-refractivity contribution in [3.8, 4) is 5.88 Å². The molecule has 1 rings (SSSR count). The van der Waals surface area contributed by atoms with Crippen LogP contribution in [0.15, 0.2) is 18.3 Å². The lowest BCUT2D eigenvalue weighted by Crippen LogP contribution is -2.21. The second-order valence-corrected chi connectivity index (χ2v) is 3.22. The molecule has 0 aliphatic carbocycles. The highest BCUT2D eigenvalue weighted by Crippen LogP contribution is 2.11. The number of aryl methyl sites for hydroxylation is 1. The maximum atomic E-state index is 5.51. The highest BCUT2D eigenvalue weighted by atomic mass is 16.5. The lowest BCUT2D eigenvalue weighted by molar-refractivity contribution is 0.300. The van der Waals surface area contributed by atoms with Crippen LogP contribution in [0.5, 0.6) is 5.88 Å². The molecule has 0 aliphatic rings. The molecule has 0 saturated heterocycles. The summed E-state index contributed by atoms with van der Waals surface area (Å²) < 4.78 is 5.51. The van der Waals surface area contributed by atoms with Gasteiger partial charge in [-0.3, -0.25) is 0 Å². The number of aromatic nitrogens is 1. The van der Waals surface area contributed by atoms with Gasteiger partial charge in [0.05, 0.1) is 0 Å². The zero-order valence-corrected chi connectivity index (χ0v) is 8.92. The summed E-state index contributed by atoms with van der Waals surface area (Å²) >= 11 is 0. The maximum Gasteiger partial charge on any atom is 0.216 e. The first kappa shape index (κ1) is 11.0.